The van der Waals surface area contributed by atoms with Crippen LogP contribution >= 0.6 is 11.3 Å². The Kier molecular flexibility index (Phi) is 6.62. The van der Waals surface area contributed by atoms with Gasteiger partial charge in [0.05, 0.1) is 12.2 Å². The van der Waals surface area contributed by atoms with Gasteiger partial charge in [-0.3, -0.25) is 4.79 Å². The van der Waals surface area contributed by atoms with Crippen molar-refractivity contribution in [3.8, 4) is 10.6 Å². The van der Waals surface area contributed by atoms with Crippen molar-refractivity contribution in [2.75, 3.05) is 0 Å². The van der Waals surface area contributed by atoms with E-state index in [2.05, 4.69) is 29.4 Å². The molecule has 1 aromatic carbocycles. The molecule has 3 nitrogen and oxygen atoms in total. The van der Waals surface area contributed by atoms with Gasteiger partial charge < -0.3 is 5.32 Å². The maximum Gasteiger partial charge on any atom is 0.223 e. The van der Waals surface area contributed by atoms with Crippen LogP contribution in [-0.4, -0.2) is 10.9 Å². The van der Waals surface area contributed by atoms with Crippen LogP contribution in [-0.2, 0) is 11.3 Å². The zero-order chi connectivity index (χ0) is 17.5. The number of hydrogen-bond acceptors (Lipinski definition) is 3. The number of carbonyl (C=O) groups excluding carboxylic acids is 1. The van der Waals surface area contributed by atoms with Crippen molar-refractivity contribution in [3.63, 3.8) is 0 Å². The molecule has 3 rings (SSSR count). The lowest BCUT2D eigenvalue weighted by molar-refractivity contribution is -0.126. The summed E-state index contributed by atoms with van der Waals surface area (Å²) in [6.07, 6.45) is 8.47. The number of rotatable bonds is 7. The number of unbranched alkanes of at least 4 members (excludes halogenated alkanes) is 1. The van der Waals surface area contributed by atoms with Crippen molar-refractivity contribution in [3.05, 3.63) is 41.4 Å². The number of benzene rings is 1. The highest BCUT2D eigenvalue weighted by molar-refractivity contribution is 7.13. The zero-order valence-electron chi connectivity index (χ0n) is 15.0. The number of hydrogen-bond donors (Lipinski definition) is 1. The first-order valence-corrected chi connectivity index (χ1v) is 10.4. The summed E-state index contributed by atoms with van der Waals surface area (Å²) in [5.74, 6) is 1.25. The van der Waals surface area contributed by atoms with Crippen molar-refractivity contribution in [1.82, 2.24) is 10.3 Å². The van der Waals surface area contributed by atoms with Gasteiger partial charge in [0.2, 0.25) is 5.91 Å². The quantitative estimate of drug-likeness (QED) is 0.719. The third-order valence-corrected chi connectivity index (χ3v) is 6.14. The van der Waals surface area contributed by atoms with Gasteiger partial charge in [0.1, 0.15) is 5.01 Å². The average molecular weight is 357 g/mol. The van der Waals surface area contributed by atoms with E-state index >= 15 is 0 Å². The van der Waals surface area contributed by atoms with E-state index in [-0.39, 0.29) is 11.8 Å². The monoisotopic (exact) mass is 356 g/mol. The highest BCUT2D eigenvalue weighted by atomic mass is 32.1. The molecule has 2 aromatic rings. The minimum Gasteiger partial charge on any atom is -0.350 e. The first-order chi connectivity index (χ1) is 12.3. The molecule has 0 atom stereocenters. The molecule has 1 amide bonds. The third-order valence-electron chi connectivity index (χ3n) is 5.20. The molecule has 25 heavy (non-hydrogen) atoms. The van der Waals surface area contributed by atoms with Gasteiger partial charge in [-0.25, -0.2) is 4.98 Å². The van der Waals surface area contributed by atoms with Crippen LogP contribution in [0.5, 0.6) is 0 Å². The van der Waals surface area contributed by atoms with Gasteiger partial charge in [-0.2, -0.15) is 0 Å². The number of aromatic nitrogens is 1. The molecular weight excluding hydrogens is 328 g/mol. The van der Waals surface area contributed by atoms with Crippen molar-refractivity contribution < 1.29 is 4.79 Å². The van der Waals surface area contributed by atoms with Crippen LogP contribution in [0, 0.1) is 11.8 Å². The second kappa shape index (κ2) is 9.14. The molecule has 4 heteroatoms. The number of nitrogens with zero attached hydrogens (tertiary/aromatic N) is 1. The lowest BCUT2D eigenvalue weighted by Gasteiger charge is -2.27. The Labute approximate surface area is 154 Å². The molecule has 1 heterocycles. The van der Waals surface area contributed by atoms with Crippen LogP contribution in [0.25, 0.3) is 10.6 Å². The third kappa shape index (κ3) is 5.15. The van der Waals surface area contributed by atoms with Gasteiger partial charge >= 0.3 is 0 Å². The molecule has 0 spiro atoms. The molecule has 1 N–H and O–H groups in total. The fourth-order valence-electron chi connectivity index (χ4n) is 3.63. The average Bonchev–Trinajstić information content (AvgIpc) is 3.14. The lowest BCUT2D eigenvalue weighted by Crippen LogP contribution is -2.32. The van der Waals surface area contributed by atoms with Crippen LogP contribution < -0.4 is 5.32 Å². The van der Waals surface area contributed by atoms with E-state index < -0.39 is 0 Å². The molecule has 1 fully saturated rings. The fraction of sp³-hybridized carbons (Fsp3) is 0.524. The minimum absolute atomic E-state index is 0.199. The van der Waals surface area contributed by atoms with E-state index in [0.717, 1.165) is 35.0 Å². The molecule has 0 saturated heterocycles. The minimum atomic E-state index is 0.199. The summed E-state index contributed by atoms with van der Waals surface area (Å²) in [6.45, 7) is 2.79. The smallest absolute Gasteiger partial charge is 0.223 e. The normalized spacial score (nSPS) is 20.4. The van der Waals surface area contributed by atoms with E-state index in [1.165, 1.54) is 32.1 Å². The summed E-state index contributed by atoms with van der Waals surface area (Å²) in [6, 6.07) is 10.2. The van der Waals surface area contributed by atoms with Crippen molar-refractivity contribution in [1.29, 1.82) is 0 Å². The molecule has 0 radical (unpaired) electrons. The summed E-state index contributed by atoms with van der Waals surface area (Å²) in [5, 5.41) is 6.16. The van der Waals surface area contributed by atoms with E-state index in [0.29, 0.717) is 6.54 Å². The highest BCUT2D eigenvalue weighted by Crippen LogP contribution is 2.32. The predicted molar refractivity (Wildman–Crippen MR) is 104 cm³/mol. The highest BCUT2D eigenvalue weighted by Gasteiger charge is 2.25. The molecule has 1 aromatic heterocycles. The van der Waals surface area contributed by atoms with Crippen LogP contribution in [0.15, 0.2) is 35.7 Å². The molecule has 134 valence electrons. The molecule has 1 aliphatic carbocycles. The van der Waals surface area contributed by atoms with Crippen molar-refractivity contribution in [2.45, 2.75) is 58.4 Å². The molecule has 0 unspecified atom stereocenters. The first kappa shape index (κ1) is 18.1. The van der Waals surface area contributed by atoms with Crippen molar-refractivity contribution >= 4 is 17.2 Å². The molecule has 1 aliphatic rings. The van der Waals surface area contributed by atoms with Crippen LogP contribution in [0.1, 0.15) is 57.6 Å². The Balaban J connectivity index is 1.45. The Hall–Kier alpha value is -1.68. The zero-order valence-corrected chi connectivity index (χ0v) is 15.9. The summed E-state index contributed by atoms with van der Waals surface area (Å²) >= 11 is 1.64. The van der Waals surface area contributed by atoms with Gasteiger partial charge in [0.15, 0.2) is 0 Å². The summed E-state index contributed by atoms with van der Waals surface area (Å²) in [4.78, 5) is 17.1. The maximum absolute atomic E-state index is 12.4. The van der Waals surface area contributed by atoms with Gasteiger partial charge in [-0.05, 0) is 31.6 Å². The van der Waals surface area contributed by atoms with E-state index in [4.69, 9.17) is 0 Å². The van der Waals surface area contributed by atoms with E-state index in [1.807, 2.05) is 23.6 Å². The van der Waals surface area contributed by atoms with Gasteiger partial charge in [0.25, 0.3) is 0 Å². The van der Waals surface area contributed by atoms with Crippen LogP contribution in [0.2, 0.25) is 0 Å². The molecular formula is C21H28N2OS. The van der Waals surface area contributed by atoms with Crippen LogP contribution in [0.4, 0.5) is 0 Å². The largest absolute Gasteiger partial charge is 0.350 e. The second-order valence-corrected chi connectivity index (χ2v) is 7.95. The van der Waals surface area contributed by atoms with E-state index in [9.17, 15) is 4.79 Å². The Morgan fingerprint density at radius 1 is 1.20 bits per heavy atom. The fourth-order valence-corrected chi connectivity index (χ4v) is 4.46. The van der Waals surface area contributed by atoms with Gasteiger partial charge in [-0.15, -0.1) is 11.3 Å². The SMILES string of the molecule is CCCCC1CCC(C(=O)NCc2csc(-c3ccccc3)n2)CC1. The first-order valence-electron chi connectivity index (χ1n) is 9.53. The Morgan fingerprint density at radius 3 is 2.68 bits per heavy atom. The van der Waals surface area contributed by atoms with Crippen molar-refractivity contribution in [2.24, 2.45) is 11.8 Å². The molecule has 0 aliphatic heterocycles. The number of amides is 1. The van der Waals surface area contributed by atoms with E-state index in [1.54, 1.807) is 11.3 Å². The Bertz CT molecular complexity index is 660. The van der Waals surface area contributed by atoms with Crippen LogP contribution in [0.3, 0.4) is 0 Å². The second-order valence-electron chi connectivity index (χ2n) is 7.09. The number of nitrogens with one attached hydrogen (secondary N) is 1. The molecule has 0 bridgehead atoms. The predicted octanol–water partition coefficient (Wildman–Crippen LogP) is 5.42. The van der Waals surface area contributed by atoms with Gasteiger partial charge in [0, 0.05) is 16.9 Å². The van der Waals surface area contributed by atoms with Gasteiger partial charge in [-0.1, -0.05) is 56.5 Å². The topological polar surface area (TPSA) is 42.0 Å². The Morgan fingerprint density at radius 2 is 1.96 bits per heavy atom. The molecule has 1 saturated carbocycles. The lowest BCUT2D eigenvalue weighted by atomic mass is 9.79. The number of thiazole rings is 1. The summed E-state index contributed by atoms with van der Waals surface area (Å²) < 4.78 is 0. The number of carbonyl (C=O) groups is 1. The maximum atomic E-state index is 12.4. The summed E-state index contributed by atoms with van der Waals surface area (Å²) in [7, 11) is 0. The standard InChI is InChI=1S/C21H28N2OS/c1-2-3-7-16-10-12-17(13-11-16)20(24)22-14-19-15-25-21(23-19)18-8-5-4-6-9-18/h4-6,8-9,15-17H,2-3,7,10-14H2,1H3,(H,22,24). The summed E-state index contributed by atoms with van der Waals surface area (Å²) in [5.41, 5.74) is 2.09.